The maximum atomic E-state index is 12.7. The van der Waals surface area contributed by atoms with Crippen LogP contribution in [0.1, 0.15) is 15.2 Å². The fourth-order valence-corrected chi connectivity index (χ4v) is 2.24. The van der Waals surface area contributed by atoms with Crippen LogP contribution < -0.4 is 4.74 Å². The van der Waals surface area contributed by atoms with Crippen molar-refractivity contribution in [2.75, 3.05) is 7.11 Å². The first kappa shape index (κ1) is 11.8. The molecule has 0 radical (unpaired) electrons. The minimum atomic E-state index is -0.293. The summed E-state index contributed by atoms with van der Waals surface area (Å²) >= 11 is 1.36. The Kier molecular flexibility index (Phi) is 3.54. The Labute approximate surface area is 103 Å². The Balaban J connectivity index is 2.08. The number of hydrogen-bond donors (Lipinski definition) is 0. The van der Waals surface area contributed by atoms with Crippen molar-refractivity contribution in [2.45, 2.75) is 6.42 Å². The van der Waals surface area contributed by atoms with Gasteiger partial charge in [-0.2, -0.15) is 0 Å². The molecule has 1 aromatic heterocycles. The zero-order chi connectivity index (χ0) is 12.3. The van der Waals surface area contributed by atoms with E-state index in [0.717, 1.165) is 5.56 Å². The normalized spacial score (nSPS) is 10.2. The van der Waals surface area contributed by atoms with E-state index in [9.17, 15) is 9.18 Å². The highest BCUT2D eigenvalue weighted by molar-refractivity contribution is 7.12. The van der Waals surface area contributed by atoms with E-state index in [2.05, 4.69) is 0 Å². The maximum absolute atomic E-state index is 12.7. The summed E-state index contributed by atoms with van der Waals surface area (Å²) in [6, 6.07) is 7.68. The molecule has 0 unspecified atom stereocenters. The van der Waals surface area contributed by atoms with E-state index >= 15 is 0 Å². The highest BCUT2D eigenvalue weighted by Gasteiger charge is 2.10. The molecule has 17 heavy (non-hydrogen) atoms. The van der Waals surface area contributed by atoms with Gasteiger partial charge in [0, 0.05) is 17.9 Å². The van der Waals surface area contributed by atoms with Gasteiger partial charge < -0.3 is 4.74 Å². The first-order valence-electron chi connectivity index (χ1n) is 5.09. The van der Waals surface area contributed by atoms with Crippen LogP contribution in [0.25, 0.3) is 0 Å². The van der Waals surface area contributed by atoms with Crippen LogP contribution in [-0.2, 0) is 6.42 Å². The molecule has 2 nitrogen and oxygen atoms in total. The summed E-state index contributed by atoms with van der Waals surface area (Å²) in [5.41, 5.74) is 0.809. The fourth-order valence-electron chi connectivity index (χ4n) is 1.45. The summed E-state index contributed by atoms with van der Waals surface area (Å²) in [4.78, 5) is 12.5. The molecule has 0 saturated heterocycles. The van der Waals surface area contributed by atoms with Crippen LogP contribution >= 0.6 is 11.3 Å². The number of ether oxygens (including phenoxy) is 1. The number of carbonyl (C=O) groups excluding carboxylic acids is 1. The highest BCUT2D eigenvalue weighted by atomic mass is 32.1. The quantitative estimate of drug-likeness (QED) is 0.778. The molecule has 1 heterocycles. The van der Waals surface area contributed by atoms with Gasteiger partial charge in [0.2, 0.25) is 0 Å². The predicted octanol–water partition coefficient (Wildman–Crippen LogP) is 3.32. The molecule has 88 valence electrons. The van der Waals surface area contributed by atoms with Crippen LogP contribution in [0, 0.1) is 5.82 Å². The lowest BCUT2D eigenvalue weighted by molar-refractivity contribution is 0.0996. The van der Waals surface area contributed by atoms with Gasteiger partial charge in [-0.3, -0.25) is 4.79 Å². The lowest BCUT2D eigenvalue weighted by Gasteiger charge is -1.98. The van der Waals surface area contributed by atoms with E-state index in [-0.39, 0.29) is 18.0 Å². The third-order valence-electron chi connectivity index (χ3n) is 2.36. The molecule has 0 fully saturated rings. The van der Waals surface area contributed by atoms with Crippen molar-refractivity contribution < 1.29 is 13.9 Å². The molecule has 0 N–H and O–H groups in total. The molecular weight excluding hydrogens is 239 g/mol. The maximum Gasteiger partial charge on any atom is 0.177 e. The molecule has 0 aliphatic heterocycles. The van der Waals surface area contributed by atoms with Crippen LogP contribution in [0.5, 0.6) is 5.75 Å². The number of hydrogen-bond acceptors (Lipinski definition) is 3. The highest BCUT2D eigenvalue weighted by Crippen LogP contribution is 2.22. The van der Waals surface area contributed by atoms with E-state index in [1.807, 2.05) is 0 Å². The van der Waals surface area contributed by atoms with E-state index in [1.165, 1.54) is 23.5 Å². The van der Waals surface area contributed by atoms with E-state index < -0.39 is 0 Å². The fraction of sp³-hybridized carbons (Fsp3) is 0.154. The summed E-state index contributed by atoms with van der Waals surface area (Å²) in [5, 5.41) is 1.79. The average Bonchev–Trinajstić information content (AvgIpc) is 2.81. The minimum Gasteiger partial charge on any atom is -0.496 e. The molecular formula is C13H11FO2S. The second-order valence-corrected chi connectivity index (χ2v) is 4.49. The smallest absolute Gasteiger partial charge is 0.177 e. The summed E-state index contributed by atoms with van der Waals surface area (Å²) < 4.78 is 17.7. The Morgan fingerprint density at radius 1 is 1.35 bits per heavy atom. The van der Waals surface area contributed by atoms with Gasteiger partial charge in [0.15, 0.2) is 5.78 Å². The molecule has 0 amide bonds. The lowest BCUT2D eigenvalue weighted by Crippen LogP contribution is -2.01. The number of halogens is 1. The number of carbonyl (C=O) groups is 1. The van der Waals surface area contributed by atoms with Crippen molar-refractivity contribution in [3.05, 3.63) is 52.0 Å². The van der Waals surface area contributed by atoms with E-state index in [4.69, 9.17) is 4.74 Å². The standard InChI is InChI=1S/C13H11FO2S/c1-16-11-7-13(17-8-11)12(15)6-9-2-4-10(14)5-3-9/h2-5,7-8H,6H2,1H3. The van der Waals surface area contributed by atoms with Crippen LogP contribution in [0.15, 0.2) is 35.7 Å². The van der Waals surface area contributed by atoms with Gasteiger partial charge in [0.1, 0.15) is 11.6 Å². The van der Waals surface area contributed by atoms with Crippen molar-refractivity contribution in [3.8, 4) is 5.75 Å². The molecule has 4 heteroatoms. The first-order valence-corrected chi connectivity index (χ1v) is 5.97. The minimum absolute atomic E-state index is 0.0184. The van der Waals surface area contributed by atoms with Crippen LogP contribution in [0.4, 0.5) is 4.39 Å². The van der Waals surface area contributed by atoms with Gasteiger partial charge in [0.25, 0.3) is 0 Å². The third-order valence-corrected chi connectivity index (χ3v) is 3.31. The predicted molar refractivity (Wildman–Crippen MR) is 65.3 cm³/mol. The Bertz CT molecular complexity index is 516. The van der Waals surface area contributed by atoms with Gasteiger partial charge in [-0.05, 0) is 17.7 Å². The van der Waals surface area contributed by atoms with Gasteiger partial charge in [0.05, 0.1) is 12.0 Å². The first-order chi connectivity index (χ1) is 8.19. The molecule has 0 bridgehead atoms. The van der Waals surface area contributed by atoms with Crippen LogP contribution in [-0.4, -0.2) is 12.9 Å². The zero-order valence-corrected chi connectivity index (χ0v) is 10.1. The third kappa shape index (κ3) is 2.91. The van der Waals surface area contributed by atoms with Gasteiger partial charge in [-0.25, -0.2) is 4.39 Å². The van der Waals surface area contributed by atoms with E-state index in [0.29, 0.717) is 10.6 Å². The summed E-state index contributed by atoms with van der Waals surface area (Å²) in [5.74, 6) is 0.418. The number of methoxy groups -OCH3 is 1. The molecule has 0 aliphatic carbocycles. The number of rotatable bonds is 4. The summed E-state index contributed by atoms with van der Waals surface area (Å²) in [6.07, 6.45) is 0.282. The Hall–Kier alpha value is -1.68. The molecule has 0 spiro atoms. The van der Waals surface area contributed by atoms with Crippen molar-refractivity contribution in [3.63, 3.8) is 0 Å². The molecule has 0 atom stereocenters. The van der Waals surface area contributed by atoms with E-state index in [1.54, 1.807) is 30.7 Å². The second kappa shape index (κ2) is 5.10. The average molecular weight is 250 g/mol. The SMILES string of the molecule is COc1csc(C(=O)Cc2ccc(F)cc2)c1. The number of Topliss-reactive ketones (excluding diaryl/α,β-unsaturated/α-hetero) is 1. The summed E-state index contributed by atoms with van der Waals surface area (Å²) in [7, 11) is 1.57. The van der Waals surface area contributed by atoms with Crippen molar-refractivity contribution in [1.82, 2.24) is 0 Å². The van der Waals surface area contributed by atoms with Gasteiger partial charge in [-0.15, -0.1) is 11.3 Å². The largest absolute Gasteiger partial charge is 0.496 e. The molecule has 0 saturated carbocycles. The number of thiophene rings is 1. The number of ketones is 1. The molecule has 2 rings (SSSR count). The number of benzene rings is 1. The van der Waals surface area contributed by atoms with Crippen LogP contribution in [0.2, 0.25) is 0 Å². The lowest BCUT2D eigenvalue weighted by atomic mass is 10.1. The summed E-state index contributed by atoms with van der Waals surface area (Å²) in [6.45, 7) is 0. The second-order valence-electron chi connectivity index (χ2n) is 3.58. The van der Waals surface area contributed by atoms with Gasteiger partial charge in [-0.1, -0.05) is 12.1 Å². The Morgan fingerprint density at radius 2 is 2.06 bits per heavy atom. The van der Waals surface area contributed by atoms with Gasteiger partial charge >= 0.3 is 0 Å². The molecule has 2 aromatic rings. The zero-order valence-electron chi connectivity index (χ0n) is 9.27. The molecule has 0 aliphatic rings. The van der Waals surface area contributed by atoms with Crippen LogP contribution in [0.3, 0.4) is 0 Å². The van der Waals surface area contributed by atoms with Crippen molar-refractivity contribution in [2.24, 2.45) is 0 Å². The monoisotopic (exact) mass is 250 g/mol. The molecule has 1 aromatic carbocycles. The Morgan fingerprint density at radius 3 is 2.65 bits per heavy atom. The topological polar surface area (TPSA) is 26.3 Å². The van der Waals surface area contributed by atoms with Crippen molar-refractivity contribution in [1.29, 1.82) is 0 Å². The van der Waals surface area contributed by atoms with Crippen molar-refractivity contribution >= 4 is 17.1 Å².